The molecule has 9 heteroatoms. The first kappa shape index (κ1) is 25.4. The number of para-hydroxylation sites is 1. The van der Waals surface area contributed by atoms with Gasteiger partial charge in [0.1, 0.15) is 6.54 Å². The summed E-state index contributed by atoms with van der Waals surface area (Å²) in [5, 5.41) is 10.3. The van der Waals surface area contributed by atoms with Gasteiger partial charge < -0.3 is 9.64 Å². The number of hydrogen-bond acceptors (Lipinski definition) is 6. The first-order valence-corrected chi connectivity index (χ1v) is 11.5. The van der Waals surface area contributed by atoms with Crippen molar-refractivity contribution in [3.05, 3.63) is 64.7 Å². The van der Waals surface area contributed by atoms with Crippen molar-refractivity contribution in [1.29, 1.82) is 5.26 Å². The SMILES string of the molecule is CCOC(=O)CCc1cc(C#N)ccc1C(=O)NN1CC(=O)N(CC(C)C)c2ccccc2C1=O. The Morgan fingerprint density at radius 1 is 1.17 bits per heavy atom. The number of benzene rings is 2. The summed E-state index contributed by atoms with van der Waals surface area (Å²) in [6.45, 7) is 5.99. The van der Waals surface area contributed by atoms with Crippen molar-refractivity contribution in [2.75, 3.05) is 24.6 Å². The average molecular weight is 477 g/mol. The first-order chi connectivity index (χ1) is 16.7. The third-order valence-corrected chi connectivity index (χ3v) is 5.43. The highest BCUT2D eigenvalue weighted by Gasteiger charge is 2.33. The highest BCUT2D eigenvalue weighted by molar-refractivity contribution is 6.10. The van der Waals surface area contributed by atoms with E-state index in [-0.39, 0.29) is 43.4 Å². The topological polar surface area (TPSA) is 120 Å². The molecule has 0 aliphatic carbocycles. The van der Waals surface area contributed by atoms with Crippen LogP contribution in [0.5, 0.6) is 0 Å². The van der Waals surface area contributed by atoms with Crippen LogP contribution in [-0.4, -0.2) is 48.4 Å². The van der Waals surface area contributed by atoms with Crippen LogP contribution in [0, 0.1) is 17.2 Å². The summed E-state index contributed by atoms with van der Waals surface area (Å²) < 4.78 is 4.95. The highest BCUT2D eigenvalue weighted by Crippen LogP contribution is 2.26. The highest BCUT2D eigenvalue weighted by atomic mass is 16.5. The molecule has 0 fully saturated rings. The van der Waals surface area contributed by atoms with Gasteiger partial charge in [-0.05, 0) is 55.2 Å². The number of hydrogen-bond donors (Lipinski definition) is 1. The third kappa shape index (κ3) is 6.03. The van der Waals surface area contributed by atoms with Crippen molar-refractivity contribution < 1.29 is 23.9 Å². The number of ether oxygens (including phenoxy) is 1. The molecule has 1 N–H and O–H groups in total. The second kappa shape index (κ2) is 11.3. The van der Waals surface area contributed by atoms with Crippen molar-refractivity contribution >= 4 is 29.4 Å². The number of anilines is 1. The minimum atomic E-state index is -0.621. The Kier molecular flexibility index (Phi) is 8.21. The number of nitriles is 1. The number of hydrazine groups is 1. The molecular weight excluding hydrogens is 448 g/mol. The number of amides is 3. The van der Waals surface area contributed by atoms with Crippen molar-refractivity contribution in [1.82, 2.24) is 10.4 Å². The van der Waals surface area contributed by atoms with E-state index in [2.05, 4.69) is 5.43 Å². The van der Waals surface area contributed by atoms with E-state index in [1.54, 1.807) is 36.1 Å². The summed E-state index contributed by atoms with van der Waals surface area (Å²) in [5.74, 6) is -1.69. The van der Waals surface area contributed by atoms with Gasteiger partial charge in [-0.3, -0.25) is 24.6 Å². The number of fused-ring (bicyclic) bond motifs is 1. The van der Waals surface area contributed by atoms with E-state index in [9.17, 15) is 24.4 Å². The summed E-state index contributed by atoms with van der Waals surface area (Å²) >= 11 is 0. The van der Waals surface area contributed by atoms with Gasteiger partial charge in [0.05, 0.1) is 29.5 Å². The van der Waals surface area contributed by atoms with Crippen LogP contribution in [0.1, 0.15) is 59.0 Å². The molecule has 0 unspecified atom stereocenters. The van der Waals surface area contributed by atoms with Crippen molar-refractivity contribution in [3.63, 3.8) is 0 Å². The molecule has 9 nitrogen and oxygen atoms in total. The molecule has 1 aliphatic rings. The number of aryl methyl sites for hydroxylation is 1. The van der Waals surface area contributed by atoms with Gasteiger partial charge in [-0.15, -0.1) is 0 Å². The van der Waals surface area contributed by atoms with E-state index in [4.69, 9.17) is 4.74 Å². The Hall–Kier alpha value is -4.19. The summed E-state index contributed by atoms with van der Waals surface area (Å²) in [6.07, 6.45) is 0.205. The number of carbonyl (C=O) groups excluding carboxylic acids is 4. The molecule has 182 valence electrons. The summed E-state index contributed by atoms with van der Waals surface area (Å²) in [6, 6.07) is 13.3. The van der Waals surface area contributed by atoms with Crippen molar-refractivity contribution in [3.8, 4) is 6.07 Å². The Morgan fingerprint density at radius 2 is 1.91 bits per heavy atom. The zero-order valence-electron chi connectivity index (χ0n) is 20.0. The first-order valence-electron chi connectivity index (χ1n) is 11.5. The van der Waals surface area contributed by atoms with Gasteiger partial charge in [0.2, 0.25) is 5.91 Å². The van der Waals surface area contributed by atoms with Crippen LogP contribution in [0.25, 0.3) is 0 Å². The van der Waals surface area contributed by atoms with Gasteiger partial charge >= 0.3 is 5.97 Å². The standard InChI is InChI=1S/C26H28N4O5/c1-4-35-24(32)12-10-19-13-18(14-27)9-11-20(19)25(33)28-30-16-23(31)29(15-17(2)3)22-8-6-5-7-21(22)26(30)34/h5-9,11,13,17H,4,10,12,15-16H2,1-3H3,(H,28,33). The minimum Gasteiger partial charge on any atom is -0.466 e. The van der Waals surface area contributed by atoms with Crippen LogP contribution in [0.15, 0.2) is 42.5 Å². The predicted molar refractivity (Wildman–Crippen MR) is 128 cm³/mol. The lowest BCUT2D eigenvalue weighted by Crippen LogP contribution is -2.49. The summed E-state index contributed by atoms with van der Waals surface area (Å²) in [4.78, 5) is 53.0. The Balaban J connectivity index is 1.88. The molecule has 2 aromatic carbocycles. The Morgan fingerprint density at radius 3 is 2.60 bits per heavy atom. The lowest BCUT2D eigenvalue weighted by atomic mass is 9.99. The van der Waals surface area contributed by atoms with E-state index >= 15 is 0 Å². The maximum atomic E-state index is 13.3. The van der Waals surface area contributed by atoms with E-state index < -0.39 is 17.8 Å². The van der Waals surface area contributed by atoms with Gasteiger partial charge in [0.25, 0.3) is 11.8 Å². The third-order valence-electron chi connectivity index (χ3n) is 5.43. The molecule has 0 atom stereocenters. The molecule has 2 aromatic rings. The average Bonchev–Trinajstić information content (AvgIpc) is 2.93. The van der Waals surface area contributed by atoms with Crippen LogP contribution in [0.3, 0.4) is 0 Å². The van der Waals surface area contributed by atoms with Crippen LogP contribution in [0.2, 0.25) is 0 Å². The molecule has 35 heavy (non-hydrogen) atoms. The lowest BCUT2D eigenvalue weighted by Gasteiger charge is -2.24. The maximum Gasteiger partial charge on any atom is 0.306 e. The van der Waals surface area contributed by atoms with Gasteiger partial charge in [-0.2, -0.15) is 5.26 Å². The predicted octanol–water partition coefficient (Wildman–Crippen LogP) is 2.84. The van der Waals surface area contributed by atoms with Crippen molar-refractivity contribution in [2.24, 2.45) is 5.92 Å². The summed E-state index contributed by atoms with van der Waals surface area (Å²) in [5.41, 5.74) is 4.36. The molecule has 3 rings (SSSR count). The second-order valence-corrected chi connectivity index (χ2v) is 8.54. The van der Waals surface area contributed by atoms with Gasteiger partial charge in [-0.25, -0.2) is 5.01 Å². The normalized spacial score (nSPS) is 13.2. The molecular formula is C26H28N4O5. The number of rotatable bonds is 8. The van der Waals surface area contributed by atoms with Crippen molar-refractivity contribution in [2.45, 2.75) is 33.6 Å². The van der Waals surface area contributed by atoms with E-state index in [0.29, 0.717) is 28.9 Å². The molecule has 1 aliphatic heterocycles. The van der Waals surface area contributed by atoms with Crippen LogP contribution < -0.4 is 10.3 Å². The Bertz CT molecular complexity index is 1180. The smallest absolute Gasteiger partial charge is 0.306 e. The fourth-order valence-electron chi connectivity index (χ4n) is 3.86. The zero-order chi connectivity index (χ0) is 25.5. The van der Waals surface area contributed by atoms with E-state index in [0.717, 1.165) is 5.01 Å². The molecule has 3 amide bonds. The lowest BCUT2D eigenvalue weighted by molar-refractivity contribution is -0.143. The fourth-order valence-corrected chi connectivity index (χ4v) is 3.86. The molecule has 0 aromatic heterocycles. The zero-order valence-corrected chi connectivity index (χ0v) is 20.0. The van der Waals surface area contributed by atoms with Crippen LogP contribution in [0.4, 0.5) is 5.69 Å². The molecule has 0 bridgehead atoms. The fraction of sp³-hybridized carbons (Fsp3) is 0.346. The number of nitrogens with one attached hydrogen (secondary N) is 1. The monoisotopic (exact) mass is 476 g/mol. The molecule has 1 heterocycles. The number of nitrogens with zero attached hydrogens (tertiary/aromatic N) is 3. The summed E-state index contributed by atoms with van der Waals surface area (Å²) in [7, 11) is 0. The van der Waals surface area contributed by atoms with Crippen LogP contribution >= 0.6 is 0 Å². The molecule has 0 radical (unpaired) electrons. The van der Waals surface area contributed by atoms with Crippen LogP contribution in [-0.2, 0) is 20.7 Å². The Labute approximate surface area is 204 Å². The maximum absolute atomic E-state index is 13.3. The van der Waals surface area contributed by atoms with Gasteiger partial charge in [0, 0.05) is 18.5 Å². The second-order valence-electron chi connectivity index (χ2n) is 8.54. The van der Waals surface area contributed by atoms with E-state index in [1.165, 1.54) is 18.2 Å². The number of esters is 1. The largest absolute Gasteiger partial charge is 0.466 e. The van der Waals surface area contributed by atoms with Gasteiger partial charge in [-0.1, -0.05) is 26.0 Å². The van der Waals surface area contributed by atoms with E-state index in [1.807, 2.05) is 19.9 Å². The quantitative estimate of drug-likeness (QED) is 0.585. The van der Waals surface area contributed by atoms with Gasteiger partial charge in [0.15, 0.2) is 0 Å². The molecule has 0 saturated carbocycles. The number of carbonyl (C=O) groups is 4. The molecule has 0 spiro atoms. The molecule has 0 saturated heterocycles. The minimum absolute atomic E-state index is 0.0294.